The summed E-state index contributed by atoms with van der Waals surface area (Å²) in [5.41, 5.74) is 1.49. The molecule has 0 unspecified atom stereocenters. The molecule has 11 heteroatoms. The molecule has 0 aliphatic rings. The minimum absolute atomic E-state index is 0. The van der Waals surface area contributed by atoms with Gasteiger partial charge >= 0.3 is 19.5 Å². The molecule has 0 bridgehead atoms. The van der Waals surface area contributed by atoms with E-state index in [1.807, 2.05) is 0 Å². The Kier molecular flexibility index (Phi) is 27.8. The zero-order chi connectivity index (χ0) is 16.2. The maximum absolute atomic E-state index is 9.95. The maximum atomic E-state index is 9.95. The first-order valence-corrected chi connectivity index (χ1v) is 6.16. The van der Waals surface area contributed by atoms with E-state index in [-0.39, 0.29) is 41.4 Å². The fourth-order valence-electron chi connectivity index (χ4n) is 1.28. The predicted octanol–water partition coefficient (Wildman–Crippen LogP) is -4.00. The number of rotatable bonds is 4. The van der Waals surface area contributed by atoms with Crippen LogP contribution in [0.15, 0.2) is 61.2 Å². The van der Waals surface area contributed by atoms with Crippen LogP contribution < -0.4 is 10.2 Å². The van der Waals surface area contributed by atoms with Crippen molar-refractivity contribution in [1.29, 1.82) is 0 Å². The fraction of sp³-hybridized carbons (Fsp3) is 0. The number of hydrogen-bond donors (Lipinski definition) is 0. The van der Waals surface area contributed by atoms with Crippen molar-refractivity contribution in [3.63, 3.8) is 0 Å². The number of hydrogen-bond acceptors (Lipinski definition) is 6. The number of carbonyl (C=O) groups excluding carboxylic acids is 2. The zero-order valence-corrected chi connectivity index (χ0v) is 17.4. The number of carboxylic acid groups (broad SMARTS) is 2. The number of carbonyl (C=O) groups is 2. The van der Waals surface area contributed by atoms with Crippen LogP contribution in [0, 0.1) is 0 Å². The second-order valence-corrected chi connectivity index (χ2v) is 3.88. The molecule has 0 atom stereocenters. The molecule has 2 heterocycles. The van der Waals surface area contributed by atoms with Gasteiger partial charge in [-0.2, -0.15) is 0 Å². The molecule has 0 spiro atoms. The summed E-state index contributed by atoms with van der Waals surface area (Å²) < 4.78 is 0. The smallest absolute Gasteiger partial charge is 0.545 e. The second kappa shape index (κ2) is 21.2. The van der Waals surface area contributed by atoms with Crippen LogP contribution in [0.4, 0.5) is 0 Å². The Morgan fingerprint density at radius 1 is 0.741 bits per heavy atom. The van der Waals surface area contributed by atoms with E-state index < -0.39 is 11.9 Å². The summed E-state index contributed by atoms with van der Waals surface area (Å²) in [6.07, 6.45) is 11.2. The van der Waals surface area contributed by atoms with Crippen molar-refractivity contribution in [3.05, 3.63) is 72.3 Å². The molecule has 144 valence electrons. The maximum Gasteiger partial charge on any atom is 2.00 e. The largest absolute Gasteiger partial charge is 2.00 e. The van der Waals surface area contributed by atoms with Crippen molar-refractivity contribution >= 4 is 24.1 Å². The quantitative estimate of drug-likeness (QED) is 0.262. The monoisotopic (exact) mass is 436 g/mol. The minimum atomic E-state index is -1.20. The van der Waals surface area contributed by atoms with Gasteiger partial charge in [-0.1, -0.05) is 24.3 Å². The summed E-state index contributed by atoms with van der Waals surface area (Å²) in [5, 5.41) is 19.9. The molecule has 2 aromatic heterocycles. The van der Waals surface area contributed by atoms with Gasteiger partial charge in [0.15, 0.2) is 0 Å². The molecule has 27 heavy (non-hydrogen) atoms. The van der Waals surface area contributed by atoms with Crippen molar-refractivity contribution in [1.82, 2.24) is 9.97 Å². The van der Waals surface area contributed by atoms with E-state index in [9.17, 15) is 19.8 Å². The predicted molar refractivity (Wildman–Crippen MR) is 96.0 cm³/mol. The van der Waals surface area contributed by atoms with Gasteiger partial charge in [-0.05, 0) is 35.4 Å². The molecule has 0 aromatic carbocycles. The summed E-state index contributed by atoms with van der Waals surface area (Å²) in [4.78, 5) is 27.5. The van der Waals surface area contributed by atoms with Crippen molar-refractivity contribution in [2.75, 3.05) is 0 Å². The molecular formula is C16H24N2O8Zn+4. The molecule has 0 aliphatic carbocycles. The number of aliphatic carboxylic acids is 2. The minimum Gasteiger partial charge on any atom is -0.545 e. The molecule has 0 radical (unpaired) electrons. The Hall–Kier alpha value is -2.82. The molecule has 12 N–H and O–H groups in total. The van der Waals surface area contributed by atoms with Crippen LogP contribution in [0.2, 0.25) is 0 Å². The van der Waals surface area contributed by atoms with E-state index in [0.29, 0.717) is 0 Å². The summed E-state index contributed by atoms with van der Waals surface area (Å²) in [6.45, 7) is 0. The van der Waals surface area contributed by atoms with Crippen LogP contribution in [-0.4, -0.2) is 21.9 Å². The third-order valence-corrected chi connectivity index (χ3v) is 2.19. The number of carboxylic acids is 2. The standard InChI is InChI=1S/2C8H7NO2.4H2O.Zn/c2*10-8(11)4-3-7-2-1-5-9-6-7;;;;;/h2*1-6H,(H,10,11);4*1H2;/q;;;;;;+2/p+2/b2*4-3+;;;;;. The average Bonchev–Trinajstić information content (AvgIpc) is 2.53. The van der Waals surface area contributed by atoms with E-state index in [1.54, 1.807) is 49.1 Å². The summed E-state index contributed by atoms with van der Waals surface area (Å²) in [5.74, 6) is -2.40. The van der Waals surface area contributed by atoms with Gasteiger partial charge in [-0.15, -0.1) is 0 Å². The summed E-state index contributed by atoms with van der Waals surface area (Å²) in [6, 6.07) is 6.97. The SMILES string of the molecule is O=C([O-])/C=C/c1cccnc1.O=C([O-])/C=C/c1cccnc1.[OH3+].[OH3+].[OH3+].[OH3+].[Zn+2]. The van der Waals surface area contributed by atoms with Crippen molar-refractivity contribution in [3.8, 4) is 0 Å². The fourth-order valence-corrected chi connectivity index (χ4v) is 1.28. The molecule has 0 amide bonds. The van der Waals surface area contributed by atoms with E-state index in [4.69, 9.17) is 0 Å². The number of pyridine rings is 2. The van der Waals surface area contributed by atoms with Gasteiger partial charge in [-0.25, -0.2) is 0 Å². The molecule has 2 aromatic rings. The third-order valence-electron chi connectivity index (χ3n) is 2.19. The van der Waals surface area contributed by atoms with Crippen LogP contribution >= 0.6 is 0 Å². The van der Waals surface area contributed by atoms with Crippen LogP contribution in [0.1, 0.15) is 11.1 Å². The van der Waals surface area contributed by atoms with Gasteiger partial charge in [0.1, 0.15) is 0 Å². The Balaban J connectivity index is -0.000000101. The number of aromatic nitrogens is 2. The van der Waals surface area contributed by atoms with E-state index >= 15 is 0 Å². The first kappa shape index (κ1) is 35.3. The van der Waals surface area contributed by atoms with Crippen molar-refractivity contribution in [2.24, 2.45) is 0 Å². The zero-order valence-electron chi connectivity index (χ0n) is 14.5. The van der Waals surface area contributed by atoms with E-state index in [1.165, 1.54) is 12.2 Å². The van der Waals surface area contributed by atoms with Gasteiger partial charge in [0, 0.05) is 24.8 Å². The van der Waals surface area contributed by atoms with Crippen LogP contribution in [0.5, 0.6) is 0 Å². The van der Waals surface area contributed by atoms with Gasteiger partial charge in [0.25, 0.3) is 0 Å². The third kappa shape index (κ3) is 19.4. The van der Waals surface area contributed by atoms with E-state index in [2.05, 4.69) is 9.97 Å². The van der Waals surface area contributed by atoms with E-state index in [0.717, 1.165) is 23.3 Å². The van der Waals surface area contributed by atoms with Crippen molar-refractivity contribution in [2.45, 2.75) is 0 Å². The summed E-state index contributed by atoms with van der Waals surface area (Å²) in [7, 11) is 0. The Morgan fingerprint density at radius 3 is 1.30 bits per heavy atom. The molecule has 2 rings (SSSR count). The Labute approximate surface area is 167 Å². The van der Waals surface area contributed by atoms with Gasteiger partial charge in [0.05, 0.1) is 11.9 Å². The second-order valence-electron chi connectivity index (χ2n) is 3.88. The topological polar surface area (TPSA) is 238 Å². The Morgan fingerprint density at radius 2 is 1.07 bits per heavy atom. The van der Waals surface area contributed by atoms with Gasteiger partial charge < -0.3 is 41.7 Å². The Bertz CT molecular complexity index is 607. The van der Waals surface area contributed by atoms with Gasteiger partial charge in [0.2, 0.25) is 0 Å². The normalized spacial score (nSPS) is 8.30. The van der Waals surface area contributed by atoms with Crippen LogP contribution in [0.25, 0.3) is 12.2 Å². The van der Waals surface area contributed by atoms with Crippen LogP contribution in [-0.2, 0) is 51.0 Å². The van der Waals surface area contributed by atoms with Crippen LogP contribution in [0.3, 0.4) is 0 Å². The summed E-state index contributed by atoms with van der Waals surface area (Å²) >= 11 is 0. The van der Waals surface area contributed by atoms with Crippen molar-refractivity contribution < 1.29 is 61.2 Å². The molecular weight excluding hydrogens is 414 g/mol. The molecule has 0 fully saturated rings. The number of nitrogens with zero attached hydrogens (tertiary/aromatic N) is 2. The van der Waals surface area contributed by atoms with Gasteiger partial charge in [-0.3, -0.25) is 9.97 Å². The molecule has 0 saturated heterocycles. The first-order valence-electron chi connectivity index (χ1n) is 6.16. The molecule has 0 saturated carbocycles. The average molecular weight is 438 g/mol. The molecule has 0 aliphatic heterocycles. The molecule has 10 nitrogen and oxygen atoms in total. The first-order chi connectivity index (χ1) is 10.6.